The summed E-state index contributed by atoms with van der Waals surface area (Å²) in [4.78, 5) is 18.4. The number of nitriles is 2. The zero-order valence-corrected chi connectivity index (χ0v) is 25.9. The number of hydrogen-bond donors (Lipinski definition) is 1. The van der Waals surface area contributed by atoms with Crippen molar-refractivity contribution in [1.82, 2.24) is 15.1 Å². The van der Waals surface area contributed by atoms with Crippen LogP contribution in [-0.2, 0) is 16.7 Å². The number of benzene rings is 2. The average molecular weight is 605 g/mol. The van der Waals surface area contributed by atoms with E-state index in [4.69, 9.17) is 4.74 Å². The van der Waals surface area contributed by atoms with Crippen molar-refractivity contribution < 1.29 is 18.3 Å². The number of anilines is 1. The highest BCUT2D eigenvalue weighted by atomic mass is 19.1. The van der Waals surface area contributed by atoms with Gasteiger partial charge in [-0.25, -0.2) is 13.6 Å². The number of piperidine rings is 1. The van der Waals surface area contributed by atoms with Gasteiger partial charge in [-0.15, -0.1) is 0 Å². The quantitative estimate of drug-likeness (QED) is 0.431. The highest BCUT2D eigenvalue weighted by Crippen LogP contribution is 2.50. The van der Waals surface area contributed by atoms with Gasteiger partial charge in [-0.1, -0.05) is 18.6 Å². The fourth-order valence-corrected chi connectivity index (χ4v) is 7.85. The van der Waals surface area contributed by atoms with Crippen molar-refractivity contribution in [3.05, 3.63) is 65.0 Å². The standard InChI is InChI=1S/C34H42F2N6O2/c1-40(2)19-25-16-29(11-10-24(25)18-37)42-22-33(36,23-42)21-41-14-12-26(13-15-41)34(20-38,27-6-4-7-28(35)17-27)30-8-5-9-31(30)39-32(43)44-3/h4,6-7,10-11,16-17,26,30-31H,5,8-9,12-15,19,21-23H2,1-3H3,(H,39,43)/t30-,31-,34-/m0/s1. The van der Waals surface area contributed by atoms with Gasteiger partial charge in [-0.05, 0) is 100 Å². The molecule has 2 aromatic carbocycles. The lowest BCUT2D eigenvalue weighted by atomic mass is 9.59. The van der Waals surface area contributed by atoms with Crippen LogP contribution >= 0.6 is 0 Å². The Kier molecular flexibility index (Phi) is 9.43. The summed E-state index contributed by atoms with van der Waals surface area (Å²) in [6.07, 6.45) is 3.15. The molecule has 5 rings (SSSR count). The Morgan fingerprint density at radius 2 is 1.89 bits per heavy atom. The zero-order valence-electron chi connectivity index (χ0n) is 25.9. The minimum atomic E-state index is -1.35. The van der Waals surface area contributed by atoms with E-state index in [2.05, 4.69) is 22.4 Å². The number of nitrogens with zero attached hydrogens (tertiary/aromatic N) is 5. The van der Waals surface area contributed by atoms with Crippen LogP contribution in [0, 0.1) is 40.3 Å². The van der Waals surface area contributed by atoms with Gasteiger partial charge in [0.1, 0.15) is 5.82 Å². The predicted octanol–water partition coefficient (Wildman–Crippen LogP) is 4.99. The summed E-state index contributed by atoms with van der Waals surface area (Å²) >= 11 is 0. The maximum atomic E-state index is 16.0. The van der Waals surface area contributed by atoms with Gasteiger partial charge >= 0.3 is 6.09 Å². The molecule has 1 aliphatic carbocycles. The van der Waals surface area contributed by atoms with Crippen LogP contribution in [0.25, 0.3) is 0 Å². The highest BCUT2D eigenvalue weighted by Gasteiger charge is 2.53. The number of alkyl carbamates (subject to hydrolysis) is 1. The zero-order chi connectivity index (χ0) is 31.5. The number of ether oxygens (including phenoxy) is 1. The Morgan fingerprint density at radius 3 is 2.52 bits per heavy atom. The number of carbonyl (C=O) groups excluding carboxylic acids is 1. The topological polar surface area (TPSA) is 95.6 Å². The SMILES string of the molecule is COC(=O)N[C@H]1CCC[C@@H]1[C@](C#N)(c1cccc(F)c1)C1CCN(CC2(F)CN(c3ccc(C#N)c(CN(C)C)c3)C2)CC1. The minimum absolute atomic E-state index is 0.0715. The number of halogens is 2. The van der Waals surface area contributed by atoms with Crippen molar-refractivity contribution in [2.45, 2.75) is 55.8 Å². The normalized spacial score (nSPS) is 23.3. The van der Waals surface area contributed by atoms with E-state index in [1.807, 2.05) is 48.2 Å². The van der Waals surface area contributed by atoms with E-state index in [0.29, 0.717) is 50.1 Å². The van der Waals surface area contributed by atoms with Gasteiger partial charge in [0.2, 0.25) is 0 Å². The van der Waals surface area contributed by atoms with Crippen LogP contribution in [0.1, 0.15) is 48.8 Å². The third-order valence-electron chi connectivity index (χ3n) is 9.82. The molecule has 3 fully saturated rings. The number of rotatable bonds is 9. The molecule has 44 heavy (non-hydrogen) atoms. The second-order valence-electron chi connectivity index (χ2n) is 13.0. The van der Waals surface area contributed by atoms with Crippen LogP contribution in [0.5, 0.6) is 0 Å². The first-order valence-corrected chi connectivity index (χ1v) is 15.5. The summed E-state index contributed by atoms with van der Waals surface area (Å²) in [5, 5.41) is 23.3. The highest BCUT2D eigenvalue weighted by molar-refractivity contribution is 5.67. The Hall–Kier alpha value is -3.73. The molecule has 1 saturated carbocycles. The number of hydrogen-bond acceptors (Lipinski definition) is 7. The van der Waals surface area contributed by atoms with Crippen LogP contribution in [-0.4, -0.2) is 81.5 Å². The van der Waals surface area contributed by atoms with Gasteiger partial charge in [0, 0.05) is 30.7 Å². The van der Waals surface area contributed by atoms with Crippen molar-refractivity contribution in [1.29, 1.82) is 10.5 Å². The second kappa shape index (κ2) is 13.1. The van der Waals surface area contributed by atoms with E-state index < -0.39 is 17.2 Å². The first kappa shape index (κ1) is 31.7. The first-order valence-electron chi connectivity index (χ1n) is 15.5. The molecule has 0 aromatic heterocycles. The molecule has 0 spiro atoms. The van der Waals surface area contributed by atoms with E-state index in [9.17, 15) is 19.7 Å². The lowest BCUT2D eigenvalue weighted by molar-refractivity contribution is 0.0352. The predicted molar refractivity (Wildman–Crippen MR) is 164 cm³/mol. The summed E-state index contributed by atoms with van der Waals surface area (Å²) in [5.41, 5.74) is 0.797. The Bertz CT molecular complexity index is 1420. The van der Waals surface area contributed by atoms with Crippen LogP contribution in [0.2, 0.25) is 0 Å². The monoisotopic (exact) mass is 604 g/mol. The van der Waals surface area contributed by atoms with Gasteiger partial charge in [0.05, 0.1) is 43.3 Å². The number of alkyl halides is 1. The van der Waals surface area contributed by atoms with Gasteiger partial charge in [-0.2, -0.15) is 10.5 Å². The van der Waals surface area contributed by atoms with E-state index >= 15 is 4.39 Å². The molecule has 2 aromatic rings. The summed E-state index contributed by atoms with van der Waals surface area (Å²) in [7, 11) is 5.24. The maximum Gasteiger partial charge on any atom is 0.407 e. The molecule has 3 aliphatic rings. The molecule has 1 amide bonds. The Morgan fingerprint density at radius 1 is 1.14 bits per heavy atom. The molecular weight excluding hydrogens is 562 g/mol. The molecule has 234 valence electrons. The molecule has 1 N–H and O–H groups in total. The van der Waals surface area contributed by atoms with E-state index in [1.54, 1.807) is 6.07 Å². The number of carbonyl (C=O) groups is 1. The molecule has 0 unspecified atom stereocenters. The first-order chi connectivity index (χ1) is 21.1. The summed E-state index contributed by atoms with van der Waals surface area (Å²) in [5.74, 6) is -0.652. The summed E-state index contributed by atoms with van der Waals surface area (Å²) < 4.78 is 35.4. The average Bonchev–Trinajstić information content (AvgIpc) is 3.45. The molecule has 2 heterocycles. The lowest BCUT2D eigenvalue weighted by Gasteiger charge is -2.50. The molecular formula is C34H42F2N6O2. The van der Waals surface area contributed by atoms with Gasteiger partial charge in [0.25, 0.3) is 0 Å². The Labute approximate surface area is 259 Å². The molecule has 0 bridgehead atoms. The van der Waals surface area contributed by atoms with Crippen molar-refractivity contribution in [3.63, 3.8) is 0 Å². The van der Waals surface area contributed by atoms with Gasteiger partial charge in [0.15, 0.2) is 5.67 Å². The Balaban J connectivity index is 1.27. The molecule has 3 atom stereocenters. The van der Waals surface area contributed by atoms with Crippen molar-refractivity contribution in [3.8, 4) is 12.1 Å². The maximum absolute atomic E-state index is 16.0. The smallest absolute Gasteiger partial charge is 0.407 e. The third-order valence-corrected chi connectivity index (χ3v) is 9.82. The van der Waals surface area contributed by atoms with E-state index in [1.165, 1.54) is 19.2 Å². The van der Waals surface area contributed by atoms with E-state index in [0.717, 1.165) is 30.5 Å². The number of amides is 1. The van der Waals surface area contributed by atoms with Crippen LogP contribution in [0.3, 0.4) is 0 Å². The number of likely N-dealkylation sites (tertiary alicyclic amines) is 1. The van der Waals surface area contributed by atoms with Gasteiger partial charge in [-0.3, -0.25) is 4.90 Å². The second-order valence-corrected chi connectivity index (χ2v) is 13.0. The summed E-state index contributed by atoms with van der Waals surface area (Å²) in [6.45, 7) is 2.80. The summed E-state index contributed by atoms with van der Waals surface area (Å²) in [6, 6.07) is 16.7. The van der Waals surface area contributed by atoms with E-state index in [-0.39, 0.29) is 36.8 Å². The molecule has 2 saturated heterocycles. The molecule has 10 heteroatoms. The molecule has 0 radical (unpaired) electrons. The van der Waals surface area contributed by atoms with Crippen LogP contribution in [0.15, 0.2) is 42.5 Å². The largest absolute Gasteiger partial charge is 0.453 e. The fraction of sp³-hybridized carbons (Fsp3) is 0.559. The van der Waals surface area contributed by atoms with Crippen LogP contribution < -0.4 is 10.2 Å². The molecule has 8 nitrogen and oxygen atoms in total. The van der Waals surface area contributed by atoms with Crippen molar-refractivity contribution >= 4 is 11.8 Å². The number of methoxy groups -OCH3 is 1. The minimum Gasteiger partial charge on any atom is -0.453 e. The van der Waals surface area contributed by atoms with Gasteiger partial charge < -0.3 is 19.9 Å². The van der Waals surface area contributed by atoms with Crippen LogP contribution in [0.4, 0.5) is 19.3 Å². The number of nitrogens with one attached hydrogen (secondary N) is 1. The lowest BCUT2D eigenvalue weighted by Crippen LogP contribution is -2.64. The van der Waals surface area contributed by atoms with Crippen molar-refractivity contribution in [2.75, 3.05) is 58.8 Å². The fourth-order valence-electron chi connectivity index (χ4n) is 7.85. The van der Waals surface area contributed by atoms with Crippen molar-refractivity contribution in [2.24, 2.45) is 11.8 Å². The molecule has 2 aliphatic heterocycles. The third kappa shape index (κ3) is 6.38.